The molecule has 1 atom stereocenters. The summed E-state index contributed by atoms with van der Waals surface area (Å²) in [5, 5.41) is 3.20. The number of nitrogens with zero attached hydrogens (tertiary/aromatic N) is 1. The van der Waals surface area contributed by atoms with Crippen LogP contribution < -0.4 is 5.32 Å². The van der Waals surface area contributed by atoms with E-state index in [9.17, 15) is 4.79 Å². The van der Waals surface area contributed by atoms with E-state index in [4.69, 9.17) is 4.74 Å². The fourth-order valence-corrected chi connectivity index (χ4v) is 3.37. The molecule has 0 saturated carbocycles. The van der Waals surface area contributed by atoms with E-state index in [0.717, 1.165) is 41.9 Å². The topological polar surface area (TPSA) is 67.0 Å². The van der Waals surface area contributed by atoms with Crippen LogP contribution in [0.1, 0.15) is 31.1 Å². The van der Waals surface area contributed by atoms with Crippen molar-refractivity contribution < 1.29 is 9.53 Å². The number of imidazole rings is 1. The summed E-state index contributed by atoms with van der Waals surface area (Å²) in [6.45, 7) is 1.36. The van der Waals surface area contributed by atoms with E-state index >= 15 is 0 Å². The summed E-state index contributed by atoms with van der Waals surface area (Å²) in [6.07, 6.45) is 4.56. The predicted molar refractivity (Wildman–Crippen MR) is 93.5 cm³/mol. The van der Waals surface area contributed by atoms with Crippen molar-refractivity contribution in [3.8, 4) is 0 Å². The van der Waals surface area contributed by atoms with Crippen molar-refractivity contribution in [3.05, 3.63) is 30.1 Å². The third kappa shape index (κ3) is 4.06. The van der Waals surface area contributed by atoms with Crippen molar-refractivity contribution in [1.29, 1.82) is 0 Å². The summed E-state index contributed by atoms with van der Waals surface area (Å²) >= 11 is 1.78. The number of benzene rings is 1. The molecule has 2 N–H and O–H groups in total. The molecule has 1 aromatic heterocycles. The highest BCUT2D eigenvalue weighted by atomic mass is 32.2. The lowest BCUT2D eigenvalue weighted by Crippen LogP contribution is -2.37. The normalized spacial score (nSPS) is 17.3. The molecular formula is C17H23N3O2S. The van der Waals surface area contributed by atoms with Crippen LogP contribution in [0.15, 0.2) is 24.3 Å². The first kappa shape index (κ1) is 16.3. The van der Waals surface area contributed by atoms with Crippen molar-refractivity contribution in [2.75, 3.05) is 25.2 Å². The van der Waals surface area contributed by atoms with Gasteiger partial charge in [0.2, 0.25) is 5.91 Å². The molecule has 1 fully saturated rings. The quantitative estimate of drug-likeness (QED) is 0.853. The van der Waals surface area contributed by atoms with E-state index in [1.54, 1.807) is 11.8 Å². The Morgan fingerprint density at radius 1 is 1.43 bits per heavy atom. The van der Waals surface area contributed by atoms with Gasteiger partial charge in [0.15, 0.2) is 0 Å². The molecule has 23 heavy (non-hydrogen) atoms. The molecule has 0 bridgehead atoms. The maximum absolute atomic E-state index is 12.5. The number of H-pyrrole nitrogens is 1. The van der Waals surface area contributed by atoms with Gasteiger partial charge in [-0.05, 0) is 43.4 Å². The number of aromatic amines is 1. The molecule has 2 aromatic rings. The fourth-order valence-electron chi connectivity index (χ4n) is 2.90. The third-order valence-electron chi connectivity index (χ3n) is 4.26. The second-order valence-electron chi connectivity index (χ2n) is 5.87. The smallest absolute Gasteiger partial charge is 0.223 e. The van der Waals surface area contributed by atoms with Crippen LogP contribution in [0.5, 0.6) is 0 Å². The molecule has 0 aliphatic carbocycles. The summed E-state index contributed by atoms with van der Waals surface area (Å²) < 4.78 is 5.34. The van der Waals surface area contributed by atoms with E-state index in [1.165, 1.54) is 0 Å². The van der Waals surface area contributed by atoms with Crippen LogP contribution in [0, 0.1) is 5.92 Å². The van der Waals surface area contributed by atoms with E-state index in [2.05, 4.69) is 21.5 Å². The Morgan fingerprint density at radius 3 is 2.96 bits per heavy atom. The van der Waals surface area contributed by atoms with E-state index in [1.807, 2.05) is 24.3 Å². The van der Waals surface area contributed by atoms with Gasteiger partial charge in [0.05, 0.1) is 17.1 Å². The molecule has 124 valence electrons. The first-order chi connectivity index (χ1) is 11.3. The van der Waals surface area contributed by atoms with Gasteiger partial charge in [-0.1, -0.05) is 12.1 Å². The molecule has 0 radical (unpaired) electrons. The van der Waals surface area contributed by atoms with Crippen molar-refractivity contribution in [3.63, 3.8) is 0 Å². The average molecular weight is 333 g/mol. The van der Waals surface area contributed by atoms with Gasteiger partial charge in [0, 0.05) is 19.1 Å². The zero-order valence-electron chi connectivity index (χ0n) is 13.4. The minimum atomic E-state index is -0.0646. The second-order valence-corrected chi connectivity index (χ2v) is 6.85. The fraction of sp³-hybridized carbons (Fsp3) is 0.529. The number of nitrogens with one attached hydrogen (secondary N) is 2. The van der Waals surface area contributed by atoms with E-state index in [-0.39, 0.29) is 17.9 Å². The zero-order valence-corrected chi connectivity index (χ0v) is 14.2. The minimum absolute atomic E-state index is 0.0601. The Bertz CT molecular complexity index is 619. The maximum Gasteiger partial charge on any atom is 0.223 e. The Balaban J connectivity index is 1.75. The number of amides is 1. The van der Waals surface area contributed by atoms with Gasteiger partial charge >= 0.3 is 0 Å². The number of rotatable bonds is 6. The monoisotopic (exact) mass is 333 g/mol. The van der Waals surface area contributed by atoms with Gasteiger partial charge in [0.25, 0.3) is 0 Å². The van der Waals surface area contributed by atoms with Gasteiger partial charge in [-0.3, -0.25) is 4.79 Å². The molecule has 5 nitrogen and oxygen atoms in total. The molecule has 1 aliphatic rings. The summed E-state index contributed by atoms with van der Waals surface area (Å²) in [6, 6.07) is 7.90. The van der Waals surface area contributed by atoms with Crippen LogP contribution >= 0.6 is 11.8 Å². The third-order valence-corrected chi connectivity index (χ3v) is 4.90. The van der Waals surface area contributed by atoms with Gasteiger partial charge in [-0.2, -0.15) is 11.8 Å². The SMILES string of the molecule is CSCC[C@H](NC(=O)C1CCOCC1)c1nc2ccccc2[nH]1. The molecule has 6 heteroatoms. The number of carbonyl (C=O) groups excluding carboxylic acids is 1. The van der Waals surface area contributed by atoms with Gasteiger partial charge in [-0.15, -0.1) is 0 Å². The molecule has 1 aliphatic heterocycles. The highest BCUT2D eigenvalue weighted by Gasteiger charge is 2.25. The lowest BCUT2D eigenvalue weighted by molar-refractivity contribution is -0.128. The standard InChI is InChI=1S/C17H23N3O2S/c1-23-11-8-15(20-17(21)12-6-9-22-10-7-12)16-18-13-4-2-3-5-14(13)19-16/h2-5,12,15H,6-11H2,1H3,(H,18,19)(H,20,21)/t15-/m0/s1. The minimum Gasteiger partial charge on any atom is -0.381 e. The number of para-hydroxylation sites is 2. The van der Waals surface area contributed by atoms with Crippen LogP contribution in [0.2, 0.25) is 0 Å². The summed E-state index contributed by atoms with van der Waals surface area (Å²) in [5.41, 5.74) is 1.95. The van der Waals surface area contributed by atoms with Crippen LogP contribution in [0.4, 0.5) is 0 Å². The van der Waals surface area contributed by atoms with Crippen LogP contribution in [-0.2, 0) is 9.53 Å². The highest BCUT2D eigenvalue weighted by Crippen LogP contribution is 2.22. The molecule has 1 aromatic carbocycles. The Hall–Kier alpha value is -1.53. The average Bonchev–Trinajstić information content (AvgIpc) is 3.03. The first-order valence-corrected chi connectivity index (χ1v) is 9.49. The molecule has 1 saturated heterocycles. The Labute approximate surface area is 140 Å². The Kier molecular flexibility index (Phi) is 5.56. The number of hydrogen-bond acceptors (Lipinski definition) is 4. The number of thioether (sulfide) groups is 1. The number of hydrogen-bond donors (Lipinski definition) is 2. The lowest BCUT2D eigenvalue weighted by Gasteiger charge is -2.24. The number of fused-ring (bicyclic) bond motifs is 1. The van der Waals surface area contributed by atoms with Crippen LogP contribution in [0.3, 0.4) is 0 Å². The molecule has 2 heterocycles. The van der Waals surface area contributed by atoms with Crippen LogP contribution in [0.25, 0.3) is 11.0 Å². The summed E-state index contributed by atoms with van der Waals surface area (Å²) in [5.74, 6) is 2.01. The van der Waals surface area contributed by atoms with E-state index in [0.29, 0.717) is 13.2 Å². The van der Waals surface area contributed by atoms with Gasteiger partial charge in [-0.25, -0.2) is 4.98 Å². The molecule has 3 rings (SSSR count). The predicted octanol–water partition coefficient (Wildman–Crippen LogP) is 2.90. The Morgan fingerprint density at radius 2 is 2.22 bits per heavy atom. The lowest BCUT2D eigenvalue weighted by atomic mass is 9.99. The number of carbonyl (C=O) groups is 1. The van der Waals surface area contributed by atoms with Crippen LogP contribution in [-0.4, -0.2) is 41.1 Å². The maximum atomic E-state index is 12.5. The van der Waals surface area contributed by atoms with Crippen molar-refractivity contribution in [1.82, 2.24) is 15.3 Å². The van der Waals surface area contributed by atoms with E-state index < -0.39 is 0 Å². The number of ether oxygens (including phenoxy) is 1. The summed E-state index contributed by atoms with van der Waals surface area (Å²) in [7, 11) is 0. The molecule has 1 amide bonds. The van der Waals surface area contributed by atoms with Gasteiger partial charge in [0.1, 0.15) is 5.82 Å². The van der Waals surface area contributed by atoms with Crippen molar-refractivity contribution >= 4 is 28.7 Å². The zero-order chi connectivity index (χ0) is 16.1. The largest absolute Gasteiger partial charge is 0.381 e. The highest BCUT2D eigenvalue weighted by molar-refractivity contribution is 7.98. The molecule has 0 spiro atoms. The first-order valence-electron chi connectivity index (χ1n) is 8.09. The second kappa shape index (κ2) is 7.84. The van der Waals surface area contributed by atoms with Gasteiger partial charge < -0.3 is 15.0 Å². The van der Waals surface area contributed by atoms with Crippen molar-refractivity contribution in [2.24, 2.45) is 5.92 Å². The van der Waals surface area contributed by atoms with Crippen molar-refractivity contribution in [2.45, 2.75) is 25.3 Å². The number of aromatic nitrogens is 2. The summed E-state index contributed by atoms with van der Waals surface area (Å²) in [4.78, 5) is 20.6. The molecule has 0 unspecified atom stereocenters. The molecular weight excluding hydrogens is 310 g/mol.